The summed E-state index contributed by atoms with van der Waals surface area (Å²) in [5, 5.41) is 10.5. The molecule has 0 saturated heterocycles. The third-order valence-corrected chi connectivity index (χ3v) is 2.17. The third-order valence-electron chi connectivity index (χ3n) is 2.17. The van der Waals surface area contributed by atoms with Gasteiger partial charge in [0.25, 0.3) is 5.69 Å². The van der Waals surface area contributed by atoms with Gasteiger partial charge in [-0.3, -0.25) is 14.9 Å². The first kappa shape index (κ1) is 24.8. The van der Waals surface area contributed by atoms with E-state index in [0.29, 0.717) is 18.5 Å². The average Bonchev–Trinajstić information content (AvgIpc) is 2.58. The van der Waals surface area contributed by atoms with Gasteiger partial charge in [-0.15, -0.1) is 12.8 Å². The summed E-state index contributed by atoms with van der Waals surface area (Å²) in [5.74, 6) is -0.0719. The second kappa shape index (κ2) is 16.9. The van der Waals surface area contributed by atoms with Crippen molar-refractivity contribution in [2.75, 3.05) is 20.6 Å². The summed E-state index contributed by atoms with van der Waals surface area (Å²) in [5.41, 5.74) is 0.353. The van der Waals surface area contributed by atoms with E-state index in [1.807, 2.05) is 46.7 Å². The second-order valence-corrected chi connectivity index (χ2v) is 3.78. The summed E-state index contributed by atoms with van der Waals surface area (Å²) >= 11 is 0. The summed E-state index contributed by atoms with van der Waals surface area (Å²) in [6.45, 7) is 8.64. The molecule has 5 nitrogen and oxygen atoms in total. The van der Waals surface area contributed by atoms with Gasteiger partial charge in [0.2, 0.25) is 0 Å². The van der Waals surface area contributed by atoms with Crippen molar-refractivity contribution in [2.45, 2.75) is 34.1 Å². The van der Waals surface area contributed by atoms with Crippen LogP contribution in [0.15, 0.2) is 24.3 Å². The van der Waals surface area contributed by atoms with Gasteiger partial charge in [-0.2, -0.15) is 0 Å². The molecule has 0 spiro atoms. The quantitative estimate of drug-likeness (QED) is 0.356. The maximum absolute atomic E-state index is 11.7. The zero-order valence-electron chi connectivity index (χ0n) is 14.5. The van der Waals surface area contributed by atoms with Crippen molar-refractivity contribution in [3.8, 4) is 12.8 Å². The van der Waals surface area contributed by atoms with E-state index < -0.39 is 4.92 Å². The number of hydrogen-bond donors (Lipinski definition) is 0. The number of carbonyl (C=O) groups excluding carboxylic acids is 1. The van der Waals surface area contributed by atoms with Gasteiger partial charge in [-0.1, -0.05) is 39.8 Å². The van der Waals surface area contributed by atoms with Crippen LogP contribution in [0.1, 0.15) is 44.5 Å². The number of terminal acetylenes is 1. The molecule has 0 aliphatic carbocycles. The van der Waals surface area contributed by atoms with Gasteiger partial charge in [0, 0.05) is 30.7 Å². The lowest BCUT2D eigenvalue weighted by Gasteiger charge is -2.07. The molecule has 1 aromatic rings. The summed E-state index contributed by atoms with van der Waals surface area (Å²) < 4.78 is 0. The largest absolute Gasteiger partial charge is 0.309 e. The molecule has 0 bridgehead atoms. The highest BCUT2D eigenvalue weighted by Crippen LogP contribution is 2.14. The molecular formula is C17H28N2O3. The predicted molar refractivity (Wildman–Crippen MR) is 93.2 cm³/mol. The van der Waals surface area contributed by atoms with E-state index in [4.69, 9.17) is 0 Å². The molecular weight excluding hydrogens is 280 g/mol. The lowest BCUT2D eigenvalue weighted by Crippen LogP contribution is -2.16. The SMILES string of the molecule is C#C.CC.CC.CN(C)CCC(=O)c1cccc([N+](=O)[O-])c1. The number of carbonyl (C=O) groups is 1. The fourth-order valence-corrected chi connectivity index (χ4v) is 1.26. The van der Waals surface area contributed by atoms with E-state index in [0.717, 1.165) is 0 Å². The number of nitro groups is 1. The van der Waals surface area contributed by atoms with Crippen LogP contribution >= 0.6 is 0 Å². The Kier molecular flexibility index (Phi) is 19.0. The molecule has 0 aliphatic heterocycles. The Balaban J connectivity index is -0.000000535. The highest BCUT2D eigenvalue weighted by atomic mass is 16.6. The Morgan fingerprint density at radius 3 is 2.09 bits per heavy atom. The van der Waals surface area contributed by atoms with Gasteiger partial charge in [0.15, 0.2) is 5.78 Å². The van der Waals surface area contributed by atoms with Crippen molar-refractivity contribution in [1.82, 2.24) is 4.90 Å². The number of non-ortho nitro benzene ring substituents is 1. The Hall–Kier alpha value is -2.19. The molecule has 0 radical (unpaired) electrons. The van der Waals surface area contributed by atoms with Gasteiger partial charge in [0.05, 0.1) is 4.92 Å². The van der Waals surface area contributed by atoms with Gasteiger partial charge < -0.3 is 4.90 Å². The van der Waals surface area contributed by atoms with Crippen LogP contribution in [0.3, 0.4) is 0 Å². The molecule has 0 aliphatic rings. The number of rotatable bonds is 5. The molecule has 0 saturated carbocycles. The minimum atomic E-state index is -0.497. The van der Waals surface area contributed by atoms with Crippen LogP contribution in [-0.4, -0.2) is 36.2 Å². The van der Waals surface area contributed by atoms with E-state index >= 15 is 0 Å². The van der Waals surface area contributed by atoms with Gasteiger partial charge in [-0.05, 0) is 14.1 Å². The third kappa shape index (κ3) is 11.6. The Morgan fingerprint density at radius 2 is 1.68 bits per heavy atom. The van der Waals surface area contributed by atoms with E-state index in [1.54, 1.807) is 6.07 Å². The van der Waals surface area contributed by atoms with Crippen molar-refractivity contribution in [2.24, 2.45) is 0 Å². The number of nitro benzene ring substituents is 1. The molecule has 0 fully saturated rings. The van der Waals surface area contributed by atoms with Crippen LogP contribution < -0.4 is 0 Å². The van der Waals surface area contributed by atoms with Crippen molar-refractivity contribution >= 4 is 11.5 Å². The average molecular weight is 308 g/mol. The van der Waals surface area contributed by atoms with E-state index in [1.165, 1.54) is 18.2 Å². The normalized spacial score (nSPS) is 8.23. The Bertz CT molecular complexity index is 441. The van der Waals surface area contributed by atoms with E-state index in [-0.39, 0.29) is 11.5 Å². The zero-order valence-corrected chi connectivity index (χ0v) is 14.5. The lowest BCUT2D eigenvalue weighted by molar-refractivity contribution is -0.384. The number of ketones is 1. The van der Waals surface area contributed by atoms with Crippen LogP contribution in [0.25, 0.3) is 0 Å². The molecule has 0 heterocycles. The van der Waals surface area contributed by atoms with Crippen molar-refractivity contribution in [3.63, 3.8) is 0 Å². The molecule has 0 unspecified atom stereocenters. The molecule has 0 atom stereocenters. The van der Waals surface area contributed by atoms with E-state index in [2.05, 4.69) is 12.8 Å². The van der Waals surface area contributed by atoms with E-state index in [9.17, 15) is 14.9 Å². The monoisotopic (exact) mass is 308 g/mol. The smallest absolute Gasteiger partial charge is 0.270 e. The minimum absolute atomic E-state index is 0.0456. The standard InChI is InChI=1S/C11H14N2O3.2C2H6.C2H2/c1-12(2)7-6-11(14)9-4-3-5-10(8-9)13(15)16;3*1-2/h3-5,8H,6-7H2,1-2H3;2*1-2H3;1-2H. The Morgan fingerprint density at radius 1 is 1.18 bits per heavy atom. The first-order valence-corrected chi connectivity index (χ1v) is 7.26. The molecule has 22 heavy (non-hydrogen) atoms. The Labute approximate surface area is 134 Å². The summed E-state index contributed by atoms with van der Waals surface area (Å²) in [6.07, 6.45) is 8.37. The van der Waals surface area contributed by atoms with Gasteiger partial charge >= 0.3 is 0 Å². The fourth-order valence-electron chi connectivity index (χ4n) is 1.26. The van der Waals surface area contributed by atoms with Gasteiger partial charge in [0.1, 0.15) is 0 Å². The number of Topliss-reactive ketones (excluding diaryl/α,β-unsaturated/α-hetero) is 1. The van der Waals surface area contributed by atoms with Crippen LogP contribution in [0, 0.1) is 23.0 Å². The maximum atomic E-state index is 11.7. The maximum Gasteiger partial charge on any atom is 0.270 e. The highest BCUT2D eigenvalue weighted by Gasteiger charge is 2.11. The van der Waals surface area contributed by atoms with Crippen molar-refractivity contribution in [3.05, 3.63) is 39.9 Å². The second-order valence-electron chi connectivity index (χ2n) is 3.78. The van der Waals surface area contributed by atoms with Crippen molar-refractivity contribution in [1.29, 1.82) is 0 Å². The minimum Gasteiger partial charge on any atom is -0.309 e. The molecule has 5 heteroatoms. The molecule has 0 amide bonds. The van der Waals surface area contributed by atoms with Crippen LogP contribution in [0.2, 0.25) is 0 Å². The van der Waals surface area contributed by atoms with Crippen molar-refractivity contribution < 1.29 is 9.72 Å². The summed E-state index contributed by atoms with van der Waals surface area (Å²) in [4.78, 5) is 23.6. The molecule has 0 N–H and O–H groups in total. The zero-order chi connectivity index (χ0) is 18.1. The number of hydrogen-bond acceptors (Lipinski definition) is 4. The first-order valence-electron chi connectivity index (χ1n) is 7.26. The number of benzene rings is 1. The van der Waals surface area contributed by atoms with Gasteiger partial charge in [-0.25, -0.2) is 0 Å². The topological polar surface area (TPSA) is 63.5 Å². The first-order chi connectivity index (χ1) is 10.5. The summed E-state index contributed by atoms with van der Waals surface area (Å²) in [6, 6.07) is 5.83. The molecule has 0 aromatic heterocycles. The summed E-state index contributed by atoms with van der Waals surface area (Å²) in [7, 11) is 3.75. The predicted octanol–water partition coefficient (Wildman–Crippen LogP) is 4.03. The lowest BCUT2D eigenvalue weighted by atomic mass is 10.1. The highest BCUT2D eigenvalue weighted by molar-refractivity contribution is 5.96. The van der Waals surface area contributed by atoms with Crippen LogP contribution in [0.4, 0.5) is 5.69 Å². The van der Waals surface area contributed by atoms with Crippen LogP contribution in [-0.2, 0) is 0 Å². The molecule has 1 rings (SSSR count). The fraction of sp³-hybridized carbons (Fsp3) is 0.471. The van der Waals surface area contributed by atoms with Crippen LogP contribution in [0.5, 0.6) is 0 Å². The molecule has 1 aromatic carbocycles. The number of nitrogens with zero attached hydrogens (tertiary/aromatic N) is 2. The molecule has 124 valence electrons.